The lowest BCUT2D eigenvalue weighted by atomic mass is 9.83. The van der Waals surface area contributed by atoms with Gasteiger partial charge in [0.15, 0.2) is 0 Å². The van der Waals surface area contributed by atoms with Gasteiger partial charge >= 0.3 is 0 Å². The van der Waals surface area contributed by atoms with Crippen molar-refractivity contribution in [1.29, 1.82) is 0 Å². The fourth-order valence-electron chi connectivity index (χ4n) is 2.96. The lowest BCUT2D eigenvalue weighted by Gasteiger charge is -2.32. The first-order valence-corrected chi connectivity index (χ1v) is 8.50. The van der Waals surface area contributed by atoms with Gasteiger partial charge in [0, 0.05) is 13.1 Å². The van der Waals surface area contributed by atoms with Crippen LogP contribution in [0.5, 0.6) is 0 Å². The maximum absolute atomic E-state index is 12.4. The first-order chi connectivity index (χ1) is 8.32. The second-order valence-electron chi connectivity index (χ2n) is 6.54. The van der Waals surface area contributed by atoms with E-state index in [1.54, 1.807) is 4.31 Å². The van der Waals surface area contributed by atoms with E-state index in [0.29, 0.717) is 13.1 Å². The third-order valence-corrected chi connectivity index (χ3v) is 6.58. The Labute approximate surface area is 111 Å². The highest BCUT2D eigenvalue weighted by atomic mass is 32.2. The molecule has 1 saturated carbocycles. The molecule has 1 fully saturated rings. The van der Waals surface area contributed by atoms with Gasteiger partial charge in [0.1, 0.15) is 0 Å². The van der Waals surface area contributed by atoms with Crippen LogP contribution in [0.25, 0.3) is 0 Å². The van der Waals surface area contributed by atoms with Gasteiger partial charge in [-0.1, -0.05) is 45.3 Å². The average molecular weight is 271 g/mol. The standard InChI is InChI=1S/C14H25NO2S/c1-14(2,3)12-8-10-15(11-9-12)18(16,17)13-6-4-5-7-13/h8,13H,4-7,9-11H2,1-3H3. The van der Waals surface area contributed by atoms with E-state index in [4.69, 9.17) is 0 Å². The molecule has 0 spiro atoms. The topological polar surface area (TPSA) is 37.4 Å². The van der Waals surface area contributed by atoms with Crippen LogP contribution >= 0.6 is 0 Å². The van der Waals surface area contributed by atoms with Crippen LogP contribution in [-0.2, 0) is 10.0 Å². The van der Waals surface area contributed by atoms with E-state index in [1.807, 2.05) is 0 Å². The van der Waals surface area contributed by atoms with Gasteiger partial charge in [-0.25, -0.2) is 8.42 Å². The Bertz CT molecular complexity index is 425. The Morgan fingerprint density at radius 2 is 1.83 bits per heavy atom. The van der Waals surface area contributed by atoms with Crippen LogP contribution in [0.3, 0.4) is 0 Å². The zero-order valence-electron chi connectivity index (χ0n) is 11.8. The number of sulfonamides is 1. The third-order valence-electron chi connectivity index (χ3n) is 4.22. The summed E-state index contributed by atoms with van der Waals surface area (Å²) in [5, 5.41) is -0.109. The van der Waals surface area contributed by atoms with Gasteiger partial charge in [0.05, 0.1) is 5.25 Å². The molecule has 18 heavy (non-hydrogen) atoms. The second kappa shape index (κ2) is 4.97. The zero-order valence-corrected chi connectivity index (χ0v) is 12.6. The zero-order chi connectivity index (χ0) is 13.4. The van der Waals surface area contributed by atoms with Crippen molar-refractivity contribution in [2.75, 3.05) is 13.1 Å². The molecule has 0 aromatic carbocycles. The van der Waals surface area contributed by atoms with Crippen LogP contribution in [0.2, 0.25) is 0 Å². The number of nitrogens with zero attached hydrogens (tertiary/aromatic N) is 1. The van der Waals surface area contributed by atoms with Crippen molar-refractivity contribution in [3.63, 3.8) is 0 Å². The number of hydrogen-bond acceptors (Lipinski definition) is 2. The van der Waals surface area contributed by atoms with Crippen LogP contribution in [0, 0.1) is 5.41 Å². The summed E-state index contributed by atoms with van der Waals surface area (Å²) in [5.74, 6) is 0. The first-order valence-electron chi connectivity index (χ1n) is 7.00. The van der Waals surface area contributed by atoms with Crippen molar-refractivity contribution < 1.29 is 8.42 Å². The lowest BCUT2D eigenvalue weighted by Crippen LogP contribution is -2.41. The molecule has 0 N–H and O–H groups in total. The van der Waals surface area contributed by atoms with Gasteiger partial charge < -0.3 is 0 Å². The van der Waals surface area contributed by atoms with Gasteiger partial charge in [-0.2, -0.15) is 4.31 Å². The minimum absolute atomic E-state index is 0.109. The maximum atomic E-state index is 12.4. The summed E-state index contributed by atoms with van der Waals surface area (Å²) < 4.78 is 26.6. The minimum atomic E-state index is -3.04. The molecule has 2 aliphatic rings. The molecule has 0 atom stereocenters. The summed E-state index contributed by atoms with van der Waals surface area (Å²) in [5.41, 5.74) is 1.56. The fraction of sp³-hybridized carbons (Fsp3) is 0.857. The van der Waals surface area contributed by atoms with Crippen molar-refractivity contribution in [1.82, 2.24) is 4.31 Å². The van der Waals surface area contributed by atoms with Gasteiger partial charge in [0.25, 0.3) is 0 Å². The number of hydrogen-bond donors (Lipinski definition) is 0. The van der Waals surface area contributed by atoms with Crippen LogP contribution < -0.4 is 0 Å². The molecule has 1 aliphatic carbocycles. The Kier molecular flexibility index (Phi) is 3.88. The Balaban J connectivity index is 2.07. The molecule has 1 heterocycles. The summed E-state index contributed by atoms with van der Waals surface area (Å²) in [6.07, 6.45) is 6.86. The van der Waals surface area contributed by atoms with E-state index >= 15 is 0 Å². The summed E-state index contributed by atoms with van der Waals surface area (Å²) in [7, 11) is -3.04. The van der Waals surface area contributed by atoms with E-state index < -0.39 is 10.0 Å². The predicted octanol–water partition coefficient (Wildman–Crippen LogP) is 2.94. The predicted molar refractivity (Wildman–Crippen MR) is 74.9 cm³/mol. The largest absolute Gasteiger partial charge is 0.217 e. The van der Waals surface area contributed by atoms with Crippen molar-refractivity contribution in [2.24, 2.45) is 5.41 Å². The molecule has 104 valence electrons. The highest BCUT2D eigenvalue weighted by Gasteiger charge is 2.35. The molecule has 0 aromatic rings. The molecule has 0 aromatic heterocycles. The van der Waals surface area contributed by atoms with E-state index in [9.17, 15) is 8.42 Å². The second-order valence-corrected chi connectivity index (χ2v) is 8.75. The fourth-order valence-corrected chi connectivity index (χ4v) is 4.94. The van der Waals surface area contributed by atoms with Crippen molar-refractivity contribution in [3.05, 3.63) is 11.6 Å². The van der Waals surface area contributed by atoms with Crippen molar-refractivity contribution in [3.8, 4) is 0 Å². The quantitative estimate of drug-likeness (QED) is 0.724. The van der Waals surface area contributed by atoms with Crippen molar-refractivity contribution >= 4 is 10.0 Å². The average Bonchev–Trinajstić information content (AvgIpc) is 2.82. The van der Waals surface area contributed by atoms with Gasteiger partial charge in [0.2, 0.25) is 10.0 Å². The maximum Gasteiger partial charge on any atom is 0.217 e. The first kappa shape index (κ1) is 14.1. The monoisotopic (exact) mass is 271 g/mol. The minimum Gasteiger partial charge on any atom is -0.212 e. The van der Waals surface area contributed by atoms with Gasteiger partial charge in [-0.3, -0.25) is 0 Å². The highest BCUT2D eigenvalue weighted by molar-refractivity contribution is 7.89. The van der Waals surface area contributed by atoms with Gasteiger partial charge in [-0.05, 0) is 24.7 Å². The Hall–Kier alpha value is -0.350. The highest BCUT2D eigenvalue weighted by Crippen LogP contribution is 2.33. The Morgan fingerprint density at radius 3 is 2.28 bits per heavy atom. The van der Waals surface area contributed by atoms with E-state index in [2.05, 4.69) is 26.8 Å². The summed E-state index contributed by atoms with van der Waals surface area (Å²) in [6.45, 7) is 7.83. The molecule has 0 saturated heterocycles. The van der Waals surface area contributed by atoms with Crippen molar-refractivity contribution in [2.45, 2.75) is 58.1 Å². The van der Waals surface area contributed by atoms with E-state index in [1.165, 1.54) is 5.57 Å². The molecule has 4 heteroatoms. The number of rotatable bonds is 2. The summed E-state index contributed by atoms with van der Waals surface area (Å²) in [6, 6.07) is 0. The molecule has 2 rings (SSSR count). The smallest absolute Gasteiger partial charge is 0.212 e. The molecule has 0 bridgehead atoms. The normalized spacial score (nSPS) is 24.3. The van der Waals surface area contributed by atoms with Crippen LogP contribution in [0.1, 0.15) is 52.9 Å². The summed E-state index contributed by atoms with van der Waals surface area (Å²) >= 11 is 0. The molecular weight excluding hydrogens is 246 g/mol. The van der Waals surface area contributed by atoms with Crippen LogP contribution in [0.15, 0.2) is 11.6 Å². The van der Waals surface area contributed by atoms with E-state index in [0.717, 1.165) is 32.1 Å². The van der Waals surface area contributed by atoms with Crippen LogP contribution in [0.4, 0.5) is 0 Å². The molecule has 1 aliphatic heterocycles. The molecule has 0 radical (unpaired) electrons. The SMILES string of the molecule is CC(C)(C)C1=CCN(S(=O)(=O)C2CCCC2)CC1. The summed E-state index contributed by atoms with van der Waals surface area (Å²) in [4.78, 5) is 0. The van der Waals surface area contributed by atoms with Gasteiger partial charge in [-0.15, -0.1) is 0 Å². The van der Waals surface area contributed by atoms with Crippen LogP contribution in [-0.4, -0.2) is 31.1 Å². The molecule has 3 nitrogen and oxygen atoms in total. The third kappa shape index (κ3) is 2.80. The lowest BCUT2D eigenvalue weighted by molar-refractivity contribution is 0.385. The molecule has 0 amide bonds. The molecular formula is C14H25NO2S. The Morgan fingerprint density at radius 1 is 1.22 bits per heavy atom. The molecule has 0 unspecified atom stereocenters. The van der Waals surface area contributed by atoms with E-state index in [-0.39, 0.29) is 10.7 Å².